The number of unbranched alkanes of at least 4 members (excludes halogenated alkanes) is 3. The van der Waals surface area contributed by atoms with Crippen molar-refractivity contribution in [2.24, 2.45) is 0 Å². The fourth-order valence-corrected chi connectivity index (χ4v) is 4.13. The second-order valence-corrected chi connectivity index (χ2v) is 7.78. The van der Waals surface area contributed by atoms with Crippen molar-refractivity contribution < 1.29 is 25.9 Å². The van der Waals surface area contributed by atoms with Gasteiger partial charge in [-0.25, -0.2) is 0 Å². The summed E-state index contributed by atoms with van der Waals surface area (Å²) in [5, 5.41) is 0. The van der Waals surface area contributed by atoms with Crippen molar-refractivity contribution in [2.45, 2.75) is 32.6 Å². The minimum absolute atomic E-state index is 0.0616. The molecule has 0 aliphatic heterocycles. The van der Waals surface area contributed by atoms with Gasteiger partial charge in [-0.15, -0.1) is 0 Å². The van der Waals surface area contributed by atoms with E-state index in [0.717, 1.165) is 18.8 Å². The Morgan fingerprint density at radius 2 is 1.50 bits per heavy atom. The predicted molar refractivity (Wildman–Crippen MR) is 79.9 cm³/mol. The van der Waals surface area contributed by atoms with Crippen LogP contribution in [-0.4, -0.2) is 6.61 Å². The normalized spacial score (nSPS) is 10.7. The first kappa shape index (κ1) is 15.4. The second kappa shape index (κ2) is 9.01. The summed E-state index contributed by atoms with van der Waals surface area (Å²) >= 11 is -0.0616. The Bertz CT molecular complexity index is 479. The number of rotatable bonds is 8. The molecule has 0 aromatic heterocycles. The molecule has 0 amide bonds. The van der Waals surface area contributed by atoms with Crippen molar-refractivity contribution in [3.63, 3.8) is 0 Å². The third-order valence-corrected chi connectivity index (χ3v) is 5.72. The third kappa shape index (κ3) is 5.53. The Hall–Kier alpha value is -1.03. The Kier molecular flexibility index (Phi) is 6.92. The van der Waals surface area contributed by atoms with Crippen molar-refractivity contribution >= 4 is 0 Å². The predicted octanol–water partition coefficient (Wildman–Crippen LogP) is 1.77. The van der Waals surface area contributed by atoms with Gasteiger partial charge in [-0.3, -0.25) is 0 Å². The molecule has 0 radical (unpaired) electrons. The molecule has 0 N–H and O–H groups in total. The first-order valence-corrected chi connectivity index (χ1v) is 9.47. The summed E-state index contributed by atoms with van der Waals surface area (Å²) in [6.07, 6.45) is 5.02. The zero-order valence-corrected chi connectivity index (χ0v) is 14.2. The number of benzene rings is 2. The Labute approximate surface area is 132 Å². The van der Waals surface area contributed by atoms with E-state index in [0.29, 0.717) is 0 Å². The molecule has 0 bridgehead atoms. The maximum atomic E-state index is 5.77. The van der Waals surface area contributed by atoms with E-state index in [4.69, 9.17) is 4.74 Å². The fraction of sp³-hybridized carbons (Fsp3) is 0.333. The molecular weight excluding hydrogens is 359 g/mol. The van der Waals surface area contributed by atoms with Gasteiger partial charge >= 0.3 is 133 Å². The van der Waals surface area contributed by atoms with Crippen molar-refractivity contribution in [1.29, 1.82) is 0 Å². The second-order valence-electron chi connectivity index (χ2n) is 4.75. The number of hydrogen-bond donors (Lipinski definition) is 0. The van der Waals surface area contributed by atoms with Crippen molar-refractivity contribution in [3.05, 3.63) is 61.7 Å². The van der Waals surface area contributed by atoms with Gasteiger partial charge in [0, 0.05) is 0 Å². The maximum absolute atomic E-state index is 5.77. The average molecular weight is 381 g/mol. The Morgan fingerprint density at radius 3 is 2.20 bits per heavy atom. The van der Waals surface area contributed by atoms with E-state index in [9.17, 15) is 0 Å². The van der Waals surface area contributed by atoms with Crippen LogP contribution in [-0.2, 0) is 0 Å². The van der Waals surface area contributed by atoms with Crippen LogP contribution in [0.4, 0.5) is 0 Å². The van der Waals surface area contributed by atoms with Crippen LogP contribution in [0.25, 0.3) is 0 Å². The minimum atomic E-state index is -0.0616. The molecule has 0 atom stereocenters. The molecule has 0 unspecified atom stereocenters. The van der Waals surface area contributed by atoms with Crippen molar-refractivity contribution in [2.75, 3.05) is 6.61 Å². The van der Waals surface area contributed by atoms with E-state index in [-0.39, 0.29) is 21.2 Å². The summed E-state index contributed by atoms with van der Waals surface area (Å²) in [5.74, 6) is 1.00. The van der Waals surface area contributed by atoms with Gasteiger partial charge in [0.1, 0.15) is 0 Å². The van der Waals surface area contributed by atoms with Gasteiger partial charge in [-0.2, -0.15) is 0 Å². The molecule has 0 saturated heterocycles. The summed E-state index contributed by atoms with van der Waals surface area (Å²) in [6, 6.07) is 19.4. The molecule has 2 heteroatoms. The number of halogens is 1. The van der Waals surface area contributed by atoms with Gasteiger partial charge < -0.3 is 0 Å². The van der Waals surface area contributed by atoms with Crippen LogP contribution in [0.15, 0.2) is 54.6 Å². The molecule has 0 saturated carbocycles. The van der Waals surface area contributed by atoms with Gasteiger partial charge in [0.25, 0.3) is 0 Å². The standard InChI is InChI=1S/C18H22IO/c1-2-3-4-8-15-20-18-13-11-17(12-14-18)19-16-9-6-5-7-10-16/h5-7,9-14H,2-4,8,15H2,1H3/q-1. The van der Waals surface area contributed by atoms with E-state index >= 15 is 0 Å². The molecule has 20 heavy (non-hydrogen) atoms. The summed E-state index contributed by atoms with van der Waals surface area (Å²) in [5.41, 5.74) is 0. The van der Waals surface area contributed by atoms with Gasteiger partial charge in [0.05, 0.1) is 0 Å². The quantitative estimate of drug-likeness (QED) is 0.501. The first-order chi connectivity index (χ1) is 9.88. The zero-order chi connectivity index (χ0) is 14.0. The molecule has 0 heterocycles. The summed E-state index contributed by atoms with van der Waals surface area (Å²) in [4.78, 5) is 0. The van der Waals surface area contributed by atoms with E-state index in [2.05, 4.69) is 61.5 Å². The molecule has 2 aromatic rings. The molecule has 1 nitrogen and oxygen atoms in total. The molecule has 0 fully saturated rings. The van der Waals surface area contributed by atoms with E-state index in [1.54, 1.807) is 0 Å². The monoisotopic (exact) mass is 381 g/mol. The molecule has 0 aliphatic carbocycles. The topological polar surface area (TPSA) is 9.23 Å². The van der Waals surface area contributed by atoms with Crippen LogP contribution in [0.1, 0.15) is 32.6 Å². The molecule has 0 spiro atoms. The molecule has 2 rings (SSSR count). The van der Waals surface area contributed by atoms with E-state index in [1.165, 1.54) is 26.4 Å². The van der Waals surface area contributed by atoms with Crippen LogP contribution in [0.2, 0.25) is 0 Å². The van der Waals surface area contributed by atoms with Crippen LogP contribution in [0.3, 0.4) is 0 Å². The van der Waals surface area contributed by atoms with Crippen LogP contribution in [0, 0.1) is 7.14 Å². The van der Waals surface area contributed by atoms with Gasteiger partial charge in [-0.05, 0) is 0 Å². The molecular formula is C18H22IO-. The third-order valence-electron chi connectivity index (χ3n) is 3.03. The van der Waals surface area contributed by atoms with Gasteiger partial charge in [0.15, 0.2) is 0 Å². The number of hydrogen-bond acceptors (Lipinski definition) is 1. The zero-order valence-electron chi connectivity index (χ0n) is 12.0. The Morgan fingerprint density at radius 1 is 0.800 bits per heavy atom. The van der Waals surface area contributed by atoms with E-state index < -0.39 is 0 Å². The summed E-state index contributed by atoms with van der Waals surface area (Å²) < 4.78 is 8.67. The molecule has 2 aromatic carbocycles. The van der Waals surface area contributed by atoms with Crippen molar-refractivity contribution in [1.82, 2.24) is 0 Å². The average Bonchev–Trinajstić information content (AvgIpc) is 2.50. The first-order valence-electron chi connectivity index (χ1n) is 7.31. The van der Waals surface area contributed by atoms with Crippen molar-refractivity contribution in [3.8, 4) is 5.75 Å². The Balaban J connectivity index is 1.78. The van der Waals surface area contributed by atoms with Crippen LogP contribution in [0.5, 0.6) is 5.75 Å². The van der Waals surface area contributed by atoms with Crippen LogP contribution < -0.4 is 25.9 Å². The molecule has 108 valence electrons. The summed E-state index contributed by atoms with van der Waals surface area (Å²) in [6.45, 7) is 3.07. The fourth-order valence-electron chi connectivity index (χ4n) is 1.92. The van der Waals surface area contributed by atoms with Crippen LogP contribution >= 0.6 is 0 Å². The summed E-state index contributed by atoms with van der Waals surface area (Å²) in [7, 11) is 0. The van der Waals surface area contributed by atoms with E-state index in [1.807, 2.05) is 0 Å². The SMILES string of the molecule is CCCCCCOc1ccc([I-]c2ccccc2)cc1. The van der Waals surface area contributed by atoms with Gasteiger partial charge in [-0.1, -0.05) is 0 Å². The van der Waals surface area contributed by atoms with Gasteiger partial charge in [0.2, 0.25) is 0 Å². The molecule has 0 aliphatic rings. The number of ether oxygens (including phenoxy) is 1.